The zero-order valence-electron chi connectivity index (χ0n) is 17.3. The molecule has 8 heteroatoms. The number of nitrogens with zero attached hydrogens (tertiary/aromatic N) is 6. The first-order valence-corrected chi connectivity index (χ1v) is 10.6. The maximum atomic E-state index is 4.62. The summed E-state index contributed by atoms with van der Waals surface area (Å²) in [5.41, 5.74) is 1.31. The fraction of sp³-hybridized carbons (Fsp3) is 0.550. The Morgan fingerprint density at radius 1 is 1.21 bits per heavy atom. The van der Waals surface area contributed by atoms with Crippen molar-refractivity contribution in [3.63, 3.8) is 0 Å². The van der Waals surface area contributed by atoms with Crippen molar-refractivity contribution in [2.24, 2.45) is 4.99 Å². The second kappa shape index (κ2) is 9.84. The van der Waals surface area contributed by atoms with Gasteiger partial charge in [0.2, 0.25) is 5.13 Å². The molecular formula is C20H31N7S. The number of guanidine groups is 1. The number of hydrogen-bond donors (Lipinski definition) is 1. The predicted molar refractivity (Wildman–Crippen MR) is 117 cm³/mol. The molecule has 0 spiro atoms. The minimum atomic E-state index is 0.299. The van der Waals surface area contributed by atoms with E-state index in [4.69, 9.17) is 0 Å². The molecule has 1 N–H and O–H groups in total. The van der Waals surface area contributed by atoms with Crippen molar-refractivity contribution in [3.8, 4) is 0 Å². The molecule has 7 nitrogen and oxygen atoms in total. The molecule has 1 aromatic carbocycles. The van der Waals surface area contributed by atoms with Crippen LogP contribution >= 0.6 is 11.5 Å². The zero-order valence-corrected chi connectivity index (χ0v) is 18.1. The van der Waals surface area contributed by atoms with Crippen LogP contribution in [0.15, 0.2) is 35.3 Å². The summed E-state index contributed by atoms with van der Waals surface area (Å²) in [4.78, 5) is 16.0. The Bertz CT molecular complexity index is 751. The molecule has 152 valence electrons. The second-order valence-corrected chi connectivity index (χ2v) is 7.87. The number of piperazine rings is 1. The summed E-state index contributed by atoms with van der Waals surface area (Å²) in [6, 6.07) is 10.9. The summed E-state index contributed by atoms with van der Waals surface area (Å²) < 4.78 is 4.41. The third-order valence-corrected chi connectivity index (χ3v) is 5.91. The van der Waals surface area contributed by atoms with Gasteiger partial charge in [0.15, 0.2) is 5.96 Å². The summed E-state index contributed by atoms with van der Waals surface area (Å²) in [7, 11) is 6.10. The van der Waals surface area contributed by atoms with Gasteiger partial charge < -0.3 is 20.0 Å². The molecule has 1 aliphatic heterocycles. The molecule has 3 rings (SSSR count). The predicted octanol–water partition coefficient (Wildman–Crippen LogP) is 2.10. The summed E-state index contributed by atoms with van der Waals surface area (Å²) in [6.45, 7) is 6.65. The largest absolute Gasteiger partial charge is 0.354 e. The first kappa shape index (κ1) is 20.5. The summed E-state index contributed by atoms with van der Waals surface area (Å²) in [5.74, 6) is 1.91. The molecule has 1 unspecified atom stereocenters. The lowest BCUT2D eigenvalue weighted by Crippen LogP contribution is -2.53. The molecule has 1 fully saturated rings. The first-order valence-electron chi connectivity index (χ1n) is 9.86. The molecule has 28 heavy (non-hydrogen) atoms. The molecule has 0 saturated carbocycles. The maximum absolute atomic E-state index is 4.62. The van der Waals surface area contributed by atoms with Gasteiger partial charge >= 0.3 is 0 Å². The van der Waals surface area contributed by atoms with Crippen LogP contribution in [0.2, 0.25) is 0 Å². The number of nitrogens with one attached hydrogen (secondary N) is 1. The van der Waals surface area contributed by atoms with Gasteiger partial charge in [-0.3, -0.25) is 4.99 Å². The summed E-state index contributed by atoms with van der Waals surface area (Å²) >= 11 is 1.51. The van der Waals surface area contributed by atoms with Crippen LogP contribution in [0.4, 0.5) is 5.13 Å². The van der Waals surface area contributed by atoms with Gasteiger partial charge in [-0.15, -0.1) is 0 Å². The van der Waals surface area contributed by atoms with E-state index in [-0.39, 0.29) is 0 Å². The van der Waals surface area contributed by atoms with Gasteiger partial charge in [-0.2, -0.15) is 4.37 Å². The Labute approximate surface area is 172 Å². The van der Waals surface area contributed by atoms with Crippen LogP contribution in [0.25, 0.3) is 0 Å². The zero-order chi connectivity index (χ0) is 19.9. The average Bonchev–Trinajstić information content (AvgIpc) is 3.21. The third kappa shape index (κ3) is 4.99. The number of rotatable bonds is 6. The van der Waals surface area contributed by atoms with Gasteiger partial charge in [-0.05, 0) is 19.7 Å². The van der Waals surface area contributed by atoms with Gasteiger partial charge in [0.05, 0.1) is 6.04 Å². The van der Waals surface area contributed by atoms with E-state index >= 15 is 0 Å². The van der Waals surface area contributed by atoms with Gasteiger partial charge in [-0.1, -0.05) is 37.3 Å². The highest BCUT2D eigenvalue weighted by Crippen LogP contribution is 2.20. The van der Waals surface area contributed by atoms with Crippen LogP contribution in [0.5, 0.6) is 0 Å². The molecule has 0 amide bonds. The Morgan fingerprint density at radius 2 is 1.93 bits per heavy atom. The van der Waals surface area contributed by atoms with E-state index in [9.17, 15) is 0 Å². The monoisotopic (exact) mass is 401 g/mol. The number of hydrogen-bond acceptors (Lipinski definition) is 6. The number of benzene rings is 1. The average molecular weight is 402 g/mol. The second-order valence-electron chi connectivity index (χ2n) is 7.14. The summed E-state index contributed by atoms with van der Waals surface area (Å²) in [6.07, 6.45) is 0.890. The van der Waals surface area contributed by atoms with Crippen molar-refractivity contribution < 1.29 is 0 Å². The highest BCUT2D eigenvalue weighted by Gasteiger charge is 2.23. The van der Waals surface area contributed by atoms with Crippen molar-refractivity contribution >= 4 is 22.6 Å². The normalized spacial score (nSPS) is 16.5. The molecule has 0 aliphatic carbocycles. The highest BCUT2D eigenvalue weighted by molar-refractivity contribution is 7.09. The quantitative estimate of drug-likeness (QED) is 0.591. The van der Waals surface area contributed by atoms with E-state index in [2.05, 4.69) is 85.7 Å². The standard InChI is InChI=1S/C20H31N7S/c1-5-18-23-20(28-24-18)27-13-11-26(12-14-27)19(21-2)22-15-17(25(3)4)16-9-7-6-8-10-16/h6-10,17H,5,11-15H2,1-4H3,(H,21,22). The van der Waals surface area contributed by atoms with Crippen LogP contribution in [-0.4, -0.2) is 79.0 Å². The van der Waals surface area contributed by atoms with E-state index in [1.807, 2.05) is 7.05 Å². The van der Waals surface area contributed by atoms with Gasteiger partial charge in [0, 0.05) is 57.7 Å². The third-order valence-electron chi connectivity index (χ3n) is 5.10. The minimum absolute atomic E-state index is 0.299. The van der Waals surface area contributed by atoms with Crippen LogP contribution in [0.3, 0.4) is 0 Å². The van der Waals surface area contributed by atoms with Gasteiger partial charge in [-0.25, -0.2) is 4.98 Å². The fourth-order valence-corrected chi connectivity index (χ4v) is 4.22. The molecule has 2 heterocycles. The SMILES string of the molecule is CCc1nsc(N2CCN(C(=NC)NCC(c3ccccc3)N(C)C)CC2)n1. The van der Waals surface area contributed by atoms with Crippen LogP contribution in [-0.2, 0) is 6.42 Å². The highest BCUT2D eigenvalue weighted by atomic mass is 32.1. The molecular weight excluding hydrogens is 370 g/mol. The van der Waals surface area contributed by atoms with Crippen LogP contribution in [0.1, 0.15) is 24.4 Å². The molecule has 1 atom stereocenters. The lowest BCUT2D eigenvalue weighted by molar-refractivity contribution is 0.292. The van der Waals surface area contributed by atoms with E-state index < -0.39 is 0 Å². The van der Waals surface area contributed by atoms with E-state index in [1.165, 1.54) is 17.1 Å². The van der Waals surface area contributed by atoms with Crippen molar-refractivity contribution in [1.82, 2.24) is 24.5 Å². The number of aliphatic imine (C=N–C) groups is 1. The van der Waals surface area contributed by atoms with Gasteiger partial charge in [0.1, 0.15) is 5.82 Å². The summed E-state index contributed by atoms with van der Waals surface area (Å²) in [5, 5.41) is 4.62. The fourth-order valence-electron chi connectivity index (χ4n) is 3.42. The van der Waals surface area contributed by atoms with E-state index in [1.54, 1.807) is 0 Å². The lowest BCUT2D eigenvalue weighted by atomic mass is 10.1. The number of aryl methyl sites for hydroxylation is 1. The van der Waals surface area contributed by atoms with Crippen molar-refractivity contribution in [1.29, 1.82) is 0 Å². The molecule has 1 saturated heterocycles. The Hall–Kier alpha value is -2.19. The molecule has 0 radical (unpaired) electrons. The van der Waals surface area contributed by atoms with Crippen molar-refractivity contribution in [2.45, 2.75) is 19.4 Å². The number of aromatic nitrogens is 2. The van der Waals surface area contributed by atoms with Crippen molar-refractivity contribution in [3.05, 3.63) is 41.7 Å². The molecule has 1 aromatic heterocycles. The van der Waals surface area contributed by atoms with Crippen molar-refractivity contribution in [2.75, 3.05) is 58.8 Å². The topological polar surface area (TPSA) is 59.9 Å². The Balaban J connectivity index is 1.55. The molecule has 0 bridgehead atoms. The first-order chi connectivity index (χ1) is 13.6. The number of anilines is 1. The van der Waals surface area contributed by atoms with Crippen LogP contribution in [0, 0.1) is 0 Å². The van der Waals surface area contributed by atoms with Gasteiger partial charge in [0.25, 0.3) is 0 Å². The molecule has 2 aromatic rings. The minimum Gasteiger partial charge on any atom is -0.354 e. The number of likely N-dealkylation sites (N-methyl/N-ethyl adjacent to an activating group) is 1. The smallest absolute Gasteiger partial charge is 0.205 e. The van der Waals surface area contributed by atoms with E-state index in [0.717, 1.165) is 56.1 Å². The van der Waals surface area contributed by atoms with E-state index in [0.29, 0.717) is 6.04 Å². The maximum Gasteiger partial charge on any atom is 0.205 e. The Kier molecular flexibility index (Phi) is 7.22. The molecule has 1 aliphatic rings. The Morgan fingerprint density at radius 3 is 2.50 bits per heavy atom. The van der Waals surface area contributed by atoms with Crippen LogP contribution < -0.4 is 10.2 Å². The lowest BCUT2D eigenvalue weighted by Gasteiger charge is -2.37.